The molecule has 1 aliphatic rings. The molecule has 0 bridgehead atoms. The fourth-order valence-electron chi connectivity index (χ4n) is 4.69. The van der Waals surface area contributed by atoms with Crippen LogP contribution >= 0.6 is 15.9 Å². The van der Waals surface area contributed by atoms with Gasteiger partial charge in [-0.25, -0.2) is 0 Å². The molecule has 0 spiro atoms. The van der Waals surface area contributed by atoms with Crippen LogP contribution in [-0.2, 0) is 17.5 Å². The van der Waals surface area contributed by atoms with Crippen molar-refractivity contribution in [1.29, 1.82) is 0 Å². The lowest BCUT2D eigenvalue weighted by atomic mass is 9.93. The van der Waals surface area contributed by atoms with Crippen molar-refractivity contribution >= 4 is 44.8 Å². The lowest BCUT2D eigenvalue weighted by Crippen LogP contribution is -2.27. The molecular weight excluding hydrogens is 611 g/mol. The van der Waals surface area contributed by atoms with Crippen molar-refractivity contribution in [3.63, 3.8) is 0 Å². The van der Waals surface area contributed by atoms with E-state index >= 15 is 0 Å². The summed E-state index contributed by atoms with van der Waals surface area (Å²) in [7, 11) is 0. The third-order valence-electron chi connectivity index (χ3n) is 6.86. The van der Waals surface area contributed by atoms with E-state index in [0.717, 1.165) is 48.2 Å². The molecule has 6 nitrogen and oxygen atoms in total. The predicted octanol–water partition coefficient (Wildman–Crippen LogP) is 8.22. The molecule has 0 radical (unpaired) electrons. The standard InChI is InChI=1S/C32H31BrF3N3O3/c1-21(38-28-18-26(32(34,35)36)17-27(33)19-28)39(29-13-11-24(12-14-29)23-5-3-2-4-6-23)20-22-7-9-25(10-8-22)31(42)37-16-15-30(40)41/h5,7-14,17-19,38H,1-4,6,15-16,20H2,(H,37,42)(H,40,41). The summed E-state index contributed by atoms with van der Waals surface area (Å²) in [6.45, 7) is 4.48. The molecular formula is C32H31BrF3N3O3. The third kappa shape index (κ3) is 8.48. The van der Waals surface area contributed by atoms with E-state index < -0.39 is 17.7 Å². The number of hydrogen-bond donors (Lipinski definition) is 3. The first kappa shape index (κ1) is 30.9. The van der Waals surface area contributed by atoms with Gasteiger partial charge in [0.1, 0.15) is 5.82 Å². The van der Waals surface area contributed by atoms with Gasteiger partial charge < -0.3 is 20.6 Å². The normalized spacial score (nSPS) is 13.2. The molecule has 1 amide bonds. The number of benzene rings is 3. The number of nitrogens with zero attached hydrogens (tertiary/aromatic N) is 1. The monoisotopic (exact) mass is 641 g/mol. The maximum absolute atomic E-state index is 13.4. The number of hydrogen-bond acceptors (Lipinski definition) is 4. The second-order valence-corrected chi connectivity index (χ2v) is 10.9. The van der Waals surface area contributed by atoms with Gasteiger partial charge in [-0.3, -0.25) is 9.59 Å². The average molecular weight is 643 g/mol. The zero-order chi connectivity index (χ0) is 30.3. The van der Waals surface area contributed by atoms with E-state index in [1.807, 2.05) is 29.2 Å². The van der Waals surface area contributed by atoms with Crippen LogP contribution in [0.25, 0.3) is 5.57 Å². The number of allylic oxidation sites excluding steroid dienone is 2. The molecule has 3 aromatic rings. The topological polar surface area (TPSA) is 81.7 Å². The van der Waals surface area contributed by atoms with Crippen LogP contribution in [0.2, 0.25) is 0 Å². The zero-order valence-corrected chi connectivity index (χ0v) is 24.4. The number of rotatable bonds is 11. The minimum absolute atomic E-state index is 0.0216. The number of carboxylic acids is 1. The molecule has 4 rings (SSSR count). The molecule has 0 aromatic heterocycles. The Kier molecular flexibility index (Phi) is 10.1. The van der Waals surface area contributed by atoms with Crippen molar-refractivity contribution in [2.24, 2.45) is 0 Å². The highest BCUT2D eigenvalue weighted by Crippen LogP contribution is 2.35. The van der Waals surface area contributed by atoms with Crippen LogP contribution < -0.4 is 15.5 Å². The molecule has 42 heavy (non-hydrogen) atoms. The molecule has 0 heterocycles. The number of nitrogens with one attached hydrogen (secondary N) is 2. The van der Waals surface area contributed by atoms with Gasteiger partial charge in [0.15, 0.2) is 0 Å². The van der Waals surface area contributed by atoms with Gasteiger partial charge in [-0.15, -0.1) is 0 Å². The van der Waals surface area contributed by atoms with Gasteiger partial charge in [0.05, 0.1) is 12.0 Å². The Morgan fingerprint density at radius 3 is 2.33 bits per heavy atom. The quantitative estimate of drug-likeness (QED) is 0.196. The fourth-order valence-corrected chi connectivity index (χ4v) is 5.18. The Labute approximate surface area is 251 Å². The Morgan fingerprint density at radius 1 is 1.00 bits per heavy atom. The van der Waals surface area contributed by atoms with Crippen molar-refractivity contribution in [3.05, 3.63) is 112 Å². The lowest BCUT2D eigenvalue weighted by molar-refractivity contribution is -0.138. The Hall–Kier alpha value is -4.05. The summed E-state index contributed by atoms with van der Waals surface area (Å²) in [4.78, 5) is 24.9. The number of aliphatic carboxylic acids is 1. The maximum atomic E-state index is 13.4. The maximum Gasteiger partial charge on any atom is 0.416 e. The van der Waals surface area contributed by atoms with Gasteiger partial charge in [0.25, 0.3) is 5.91 Å². The highest BCUT2D eigenvalue weighted by atomic mass is 79.9. The second kappa shape index (κ2) is 13.7. The first-order valence-corrected chi connectivity index (χ1v) is 14.3. The number of carbonyl (C=O) groups is 2. The van der Waals surface area contributed by atoms with E-state index in [2.05, 4.69) is 39.2 Å². The fraction of sp³-hybridized carbons (Fsp3) is 0.250. The van der Waals surface area contributed by atoms with Gasteiger partial charge in [-0.2, -0.15) is 13.2 Å². The molecule has 220 valence electrons. The van der Waals surface area contributed by atoms with Gasteiger partial charge in [0, 0.05) is 34.5 Å². The van der Waals surface area contributed by atoms with E-state index in [1.54, 1.807) is 30.3 Å². The van der Waals surface area contributed by atoms with Crippen LogP contribution in [0.4, 0.5) is 24.5 Å². The Morgan fingerprint density at radius 2 is 1.71 bits per heavy atom. The van der Waals surface area contributed by atoms with Gasteiger partial charge in [0.2, 0.25) is 0 Å². The van der Waals surface area contributed by atoms with Crippen LogP contribution in [-0.4, -0.2) is 23.5 Å². The second-order valence-electron chi connectivity index (χ2n) is 10.0. The third-order valence-corrected chi connectivity index (χ3v) is 7.32. The largest absolute Gasteiger partial charge is 0.481 e. The molecule has 3 aromatic carbocycles. The van der Waals surface area contributed by atoms with Crippen LogP contribution in [0.1, 0.15) is 59.2 Å². The number of amides is 1. The number of halogens is 4. The summed E-state index contributed by atoms with van der Waals surface area (Å²) in [5.41, 5.74) is 3.87. The van der Waals surface area contributed by atoms with E-state index in [1.165, 1.54) is 12.0 Å². The Bertz CT molecular complexity index is 1470. The smallest absolute Gasteiger partial charge is 0.416 e. The highest BCUT2D eigenvalue weighted by molar-refractivity contribution is 9.10. The lowest BCUT2D eigenvalue weighted by Gasteiger charge is -2.28. The first-order valence-electron chi connectivity index (χ1n) is 13.5. The molecule has 0 atom stereocenters. The van der Waals surface area contributed by atoms with Gasteiger partial charge in [-0.05, 0) is 84.8 Å². The molecule has 0 unspecified atom stereocenters. The number of carbonyl (C=O) groups excluding carboxylic acids is 1. The van der Waals surface area contributed by atoms with Crippen molar-refractivity contribution in [3.8, 4) is 0 Å². The van der Waals surface area contributed by atoms with Crippen molar-refractivity contribution in [1.82, 2.24) is 5.32 Å². The molecule has 0 saturated carbocycles. The SMILES string of the molecule is C=C(Nc1cc(Br)cc(C(F)(F)F)c1)N(Cc1ccc(C(=O)NCCC(=O)O)cc1)c1ccc(C2=CCCCC2)cc1. The van der Waals surface area contributed by atoms with Crippen molar-refractivity contribution in [2.45, 2.75) is 44.8 Å². The highest BCUT2D eigenvalue weighted by Gasteiger charge is 2.31. The van der Waals surface area contributed by atoms with E-state index in [-0.39, 0.29) is 29.0 Å². The van der Waals surface area contributed by atoms with Crippen molar-refractivity contribution < 1.29 is 27.9 Å². The van der Waals surface area contributed by atoms with Crippen LogP contribution in [0.5, 0.6) is 0 Å². The van der Waals surface area contributed by atoms with Crippen LogP contribution in [0.3, 0.4) is 0 Å². The summed E-state index contributed by atoms with van der Waals surface area (Å²) in [6.07, 6.45) is 2.01. The minimum Gasteiger partial charge on any atom is -0.481 e. The Balaban J connectivity index is 1.57. The van der Waals surface area contributed by atoms with E-state index in [9.17, 15) is 22.8 Å². The zero-order valence-electron chi connectivity index (χ0n) is 22.8. The first-order chi connectivity index (χ1) is 20.0. The minimum atomic E-state index is -4.51. The summed E-state index contributed by atoms with van der Waals surface area (Å²) in [5, 5.41) is 14.4. The molecule has 0 fully saturated rings. The van der Waals surface area contributed by atoms with Crippen molar-refractivity contribution in [2.75, 3.05) is 16.8 Å². The summed E-state index contributed by atoms with van der Waals surface area (Å²) in [5.74, 6) is -1.02. The van der Waals surface area contributed by atoms with E-state index in [4.69, 9.17) is 5.11 Å². The van der Waals surface area contributed by atoms with Gasteiger partial charge in [-0.1, -0.05) is 52.9 Å². The van der Waals surface area contributed by atoms with E-state index in [0.29, 0.717) is 17.9 Å². The molecule has 0 saturated heterocycles. The number of anilines is 2. The molecule has 1 aliphatic carbocycles. The number of alkyl halides is 3. The average Bonchev–Trinajstić information content (AvgIpc) is 2.96. The molecule has 10 heteroatoms. The van der Waals surface area contributed by atoms with Crippen LogP contribution in [0.15, 0.2) is 89.7 Å². The summed E-state index contributed by atoms with van der Waals surface area (Å²) >= 11 is 3.17. The van der Waals surface area contributed by atoms with Gasteiger partial charge >= 0.3 is 12.1 Å². The summed E-state index contributed by atoms with van der Waals surface area (Å²) in [6, 6.07) is 18.4. The summed E-state index contributed by atoms with van der Waals surface area (Å²) < 4.78 is 40.6. The molecule has 0 aliphatic heterocycles. The predicted molar refractivity (Wildman–Crippen MR) is 162 cm³/mol. The van der Waals surface area contributed by atoms with Crippen LogP contribution in [0, 0.1) is 0 Å². The number of carboxylic acid groups (broad SMARTS) is 1. The molecule has 3 N–H and O–H groups in total.